The molecular weight excluding hydrogens is 290 g/mol. The van der Waals surface area contributed by atoms with Crippen LogP contribution < -0.4 is 5.32 Å². The van der Waals surface area contributed by atoms with Gasteiger partial charge in [0.25, 0.3) is 0 Å². The van der Waals surface area contributed by atoms with Gasteiger partial charge in [-0.2, -0.15) is 0 Å². The Kier molecular flexibility index (Phi) is 6.17. The van der Waals surface area contributed by atoms with Crippen LogP contribution in [0.5, 0.6) is 0 Å². The van der Waals surface area contributed by atoms with E-state index in [0.717, 1.165) is 31.8 Å². The van der Waals surface area contributed by atoms with E-state index < -0.39 is 0 Å². The van der Waals surface area contributed by atoms with Crippen molar-refractivity contribution in [2.24, 2.45) is 5.92 Å². The van der Waals surface area contributed by atoms with Crippen LogP contribution in [0.1, 0.15) is 51.9 Å². The minimum atomic E-state index is -0.144. The Morgan fingerprint density at radius 1 is 1.04 bits per heavy atom. The Hall–Kier alpha value is -0.810. The first kappa shape index (κ1) is 17.0. The highest BCUT2D eigenvalue weighted by atomic mass is 16.6. The van der Waals surface area contributed by atoms with Gasteiger partial charge in [-0.25, -0.2) is 4.79 Å². The van der Waals surface area contributed by atoms with Crippen molar-refractivity contribution in [3.63, 3.8) is 0 Å². The molecule has 2 heterocycles. The number of rotatable bonds is 5. The second-order valence-electron chi connectivity index (χ2n) is 7.52. The molecule has 0 aromatic carbocycles. The number of nitrogens with one attached hydrogen (secondary N) is 1. The zero-order valence-electron chi connectivity index (χ0n) is 14.6. The number of carbonyl (C=O) groups is 1. The van der Waals surface area contributed by atoms with E-state index >= 15 is 0 Å². The molecule has 2 saturated heterocycles. The fraction of sp³-hybridized carbons (Fsp3) is 0.944. The highest BCUT2D eigenvalue weighted by Gasteiger charge is 2.29. The summed E-state index contributed by atoms with van der Waals surface area (Å²) >= 11 is 0. The molecule has 1 amide bonds. The van der Waals surface area contributed by atoms with E-state index in [4.69, 9.17) is 4.74 Å². The molecule has 0 unspecified atom stereocenters. The summed E-state index contributed by atoms with van der Waals surface area (Å²) < 4.78 is 5.09. The van der Waals surface area contributed by atoms with Crippen LogP contribution in [-0.2, 0) is 4.74 Å². The van der Waals surface area contributed by atoms with E-state index in [-0.39, 0.29) is 6.09 Å². The molecule has 1 N–H and O–H groups in total. The highest BCUT2D eigenvalue weighted by Crippen LogP contribution is 2.27. The molecule has 1 saturated carbocycles. The average Bonchev–Trinajstić information content (AvgIpc) is 3.21. The van der Waals surface area contributed by atoms with Crippen LogP contribution in [0.3, 0.4) is 0 Å². The summed E-state index contributed by atoms with van der Waals surface area (Å²) in [7, 11) is 0. The summed E-state index contributed by atoms with van der Waals surface area (Å²) in [5, 5.41) is 3.84. The van der Waals surface area contributed by atoms with E-state index in [1.165, 1.54) is 51.7 Å². The lowest BCUT2D eigenvalue weighted by Crippen LogP contribution is -2.48. The van der Waals surface area contributed by atoms with Crippen LogP contribution in [0.25, 0.3) is 0 Å². The Balaban J connectivity index is 1.34. The molecule has 1 aliphatic carbocycles. The summed E-state index contributed by atoms with van der Waals surface area (Å²) in [4.78, 5) is 16.3. The summed E-state index contributed by atoms with van der Waals surface area (Å²) in [6, 6.07) is 1.22. The van der Waals surface area contributed by atoms with Crippen molar-refractivity contribution in [3.8, 4) is 0 Å². The molecule has 3 aliphatic rings. The van der Waals surface area contributed by atoms with E-state index in [2.05, 4.69) is 10.2 Å². The number of likely N-dealkylation sites (tertiary alicyclic amines) is 2. The monoisotopic (exact) mass is 323 g/mol. The van der Waals surface area contributed by atoms with Gasteiger partial charge in [-0.05, 0) is 51.5 Å². The lowest BCUT2D eigenvalue weighted by Gasteiger charge is -2.33. The predicted octanol–water partition coefficient (Wildman–Crippen LogP) is 2.46. The largest absolute Gasteiger partial charge is 0.450 e. The van der Waals surface area contributed by atoms with Gasteiger partial charge in [0.05, 0.1) is 6.61 Å². The smallest absolute Gasteiger partial charge is 0.409 e. The van der Waals surface area contributed by atoms with E-state index in [1.807, 2.05) is 11.8 Å². The van der Waals surface area contributed by atoms with Crippen LogP contribution in [-0.4, -0.2) is 67.3 Å². The van der Waals surface area contributed by atoms with E-state index in [9.17, 15) is 4.79 Å². The molecule has 0 bridgehead atoms. The lowest BCUT2D eigenvalue weighted by molar-refractivity contribution is 0.0942. The Morgan fingerprint density at radius 2 is 1.74 bits per heavy atom. The van der Waals surface area contributed by atoms with Gasteiger partial charge < -0.3 is 19.9 Å². The average molecular weight is 323 g/mol. The van der Waals surface area contributed by atoms with Gasteiger partial charge >= 0.3 is 6.09 Å². The number of piperidine rings is 1. The number of nitrogens with zero attached hydrogens (tertiary/aromatic N) is 2. The lowest BCUT2D eigenvalue weighted by atomic mass is 10.0. The highest BCUT2D eigenvalue weighted by molar-refractivity contribution is 5.67. The van der Waals surface area contributed by atoms with Crippen molar-refractivity contribution < 1.29 is 9.53 Å². The van der Waals surface area contributed by atoms with Crippen LogP contribution >= 0.6 is 0 Å². The first-order valence-corrected chi connectivity index (χ1v) is 9.64. The van der Waals surface area contributed by atoms with E-state index in [1.54, 1.807) is 0 Å². The molecule has 3 fully saturated rings. The van der Waals surface area contributed by atoms with Crippen molar-refractivity contribution in [2.45, 2.75) is 64.0 Å². The zero-order valence-corrected chi connectivity index (χ0v) is 14.6. The Morgan fingerprint density at radius 3 is 2.43 bits per heavy atom. The summed E-state index contributed by atoms with van der Waals surface area (Å²) in [6.45, 7) is 7.79. The van der Waals surface area contributed by atoms with Gasteiger partial charge in [0, 0.05) is 38.3 Å². The summed E-state index contributed by atoms with van der Waals surface area (Å²) in [5.74, 6) is 0.960. The predicted molar refractivity (Wildman–Crippen MR) is 91.6 cm³/mol. The topological polar surface area (TPSA) is 44.8 Å². The molecule has 5 nitrogen and oxygen atoms in total. The van der Waals surface area contributed by atoms with Crippen LogP contribution in [0.4, 0.5) is 4.79 Å². The van der Waals surface area contributed by atoms with Gasteiger partial charge in [-0.3, -0.25) is 0 Å². The maximum absolute atomic E-state index is 11.7. The molecule has 5 heteroatoms. The molecular formula is C18H33N3O2. The fourth-order valence-corrected chi connectivity index (χ4v) is 4.47. The number of carbonyl (C=O) groups excluding carboxylic acids is 1. The van der Waals surface area contributed by atoms with E-state index in [0.29, 0.717) is 18.7 Å². The SMILES string of the molecule is CCOC(=O)N1CCC(N[C@H]2CCN(CC3CCCC3)C2)CC1. The Labute approximate surface area is 140 Å². The fourth-order valence-electron chi connectivity index (χ4n) is 4.47. The number of hydrogen-bond donors (Lipinski definition) is 1. The van der Waals surface area contributed by atoms with Crippen LogP contribution in [0.2, 0.25) is 0 Å². The second kappa shape index (κ2) is 8.34. The van der Waals surface area contributed by atoms with Crippen molar-refractivity contribution in [1.82, 2.24) is 15.1 Å². The molecule has 0 spiro atoms. The van der Waals surface area contributed by atoms with Crippen LogP contribution in [0.15, 0.2) is 0 Å². The summed E-state index contributed by atoms with van der Waals surface area (Å²) in [6.07, 6.45) is 9.02. The first-order valence-electron chi connectivity index (χ1n) is 9.64. The number of amides is 1. The van der Waals surface area contributed by atoms with Crippen molar-refractivity contribution in [3.05, 3.63) is 0 Å². The maximum Gasteiger partial charge on any atom is 0.409 e. The first-order chi connectivity index (χ1) is 11.2. The molecule has 0 aromatic rings. The molecule has 2 aliphatic heterocycles. The maximum atomic E-state index is 11.7. The van der Waals surface area contributed by atoms with Crippen LogP contribution in [0, 0.1) is 5.92 Å². The van der Waals surface area contributed by atoms with Gasteiger partial charge in [0.2, 0.25) is 0 Å². The quantitative estimate of drug-likeness (QED) is 0.844. The molecule has 132 valence electrons. The third-order valence-corrected chi connectivity index (χ3v) is 5.76. The van der Waals surface area contributed by atoms with Crippen molar-refractivity contribution >= 4 is 6.09 Å². The molecule has 3 rings (SSSR count). The Bertz CT molecular complexity index is 376. The molecule has 0 aromatic heterocycles. The number of ether oxygens (including phenoxy) is 1. The minimum absolute atomic E-state index is 0.144. The summed E-state index contributed by atoms with van der Waals surface area (Å²) in [5.41, 5.74) is 0. The zero-order chi connectivity index (χ0) is 16.1. The van der Waals surface area contributed by atoms with Crippen molar-refractivity contribution in [1.29, 1.82) is 0 Å². The third kappa shape index (κ3) is 4.83. The third-order valence-electron chi connectivity index (χ3n) is 5.76. The van der Waals surface area contributed by atoms with Gasteiger partial charge in [0.1, 0.15) is 0 Å². The standard InChI is InChI=1S/C18H33N3O2/c1-2-23-18(22)21-11-8-16(9-12-21)19-17-7-10-20(14-17)13-15-5-3-4-6-15/h15-17,19H,2-14H2,1H3/t17-/m0/s1. The molecule has 23 heavy (non-hydrogen) atoms. The molecule has 0 radical (unpaired) electrons. The minimum Gasteiger partial charge on any atom is -0.450 e. The molecule has 1 atom stereocenters. The van der Waals surface area contributed by atoms with Gasteiger partial charge in [-0.15, -0.1) is 0 Å². The van der Waals surface area contributed by atoms with Crippen molar-refractivity contribution in [2.75, 3.05) is 39.3 Å². The number of hydrogen-bond acceptors (Lipinski definition) is 4. The second-order valence-corrected chi connectivity index (χ2v) is 7.52. The van der Waals surface area contributed by atoms with Gasteiger partial charge in [0.15, 0.2) is 0 Å². The van der Waals surface area contributed by atoms with Gasteiger partial charge in [-0.1, -0.05) is 12.8 Å². The normalized spacial score (nSPS) is 27.7.